The van der Waals surface area contributed by atoms with Gasteiger partial charge in [0.15, 0.2) is 0 Å². The van der Waals surface area contributed by atoms with E-state index in [0.29, 0.717) is 35.9 Å². The van der Waals surface area contributed by atoms with Gasteiger partial charge in [0, 0.05) is 49.6 Å². The Labute approximate surface area is 382 Å². The van der Waals surface area contributed by atoms with Crippen molar-refractivity contribution >= 4 is 29.6 Å². The van der Waals surface area contributed by atoms with Crippen molar-refractivity contribution in [3.63, 3.8) is 0 Å². The van der Waals surface area contributed by atoms with Gasteiger partial charge in [-0.25, -0.2) is 14.8 Å². The summed E-state index contributed by atoms with van der Waals surface area (Å²) < 4.78 is 16.8. The predicted molar refractivity (Wildman–Crippen MR) is 244 cm³/mol. The van der Waals surface area contributed by atoms with Gasteiger partial charge in [-0.05, 0) is 41.3 Å². The molecule has 7 N–H and O–H groups in total. The van der Waals surface area contributed by atoms with Crippen LogP contribution in [0.4, 0.5) is 0 Å². The molecule has 344 valence electrons. The minimum atomic E-state index is -1.36. The van der Waals surface area contributed by atoms with Gasteiger partial charge in [-0.15, -0.1) is 0 Å². The molecule has 6 rings (SSSR count). The topological polar surface area (TPSA) is 231 Å². The predicted octanol–water partition coefficient (Wildman–Crippen LogP) is 3.25. The van der Waals surface area contributed by atoms with Crippen molar-refractivity contribution in [3.05, 3.63) is 174 Å². The van der Waals surface area contributed by atoms with E-state index in [4.69, 9.17) is 14.2 Å². The summed E-state index contributed by atoms with van der Waals surface area (Å²) in [5.41, 5.74) is 4.69. The number of hydrogen-bond donors (Lipinski definition) is 7. The van der Waals surface area contributed by atoms with Crippen LogP contribution in [0.5, 0.6) is 5.75 Å². The summed E-state index contributed by atoms with van der Waals surface area (Å²) in [6.45, 7) is 1.98. The zero-order valence-electron chi connectivity index (χ0n) is 36.8. The van der Waals surface area contributed by atoms with Crippen LogP contribution in [-0.4, -0.2) is 93.5 Å². The van der Waals surface area contributed by atoms with Crippen LogP contribution < -0.4 is 31.3 Å². The lowest BCUT2D eigenvalue weighted by Crippen LogP contribution is -2.60. The zero-order valence-corrected chi connectivity index (χ0v) is 36.8. The molecule has 0 radical (unpaired) electrons. The van der Waals surface area contributed by atoms with Crippen LogP contribution in [0.1, 0.15) is 40.6 Å². The second-order valence-electron chi connectivity index (χ2n) is 15.5. The maximum absolute atomic E-state index is 14.6. The largest absolute Gasteiger partial charge is 0.489 e. The number of methoxy groups -OCH3 is 1. The molecular formula is C49H55N9O8. The number of esters is 1. The van der Waals surface area contributed by atoms with Gasteiger partial charge < -0.3 is 50.8 Å². The number of carbonyl (C=O) groups excluding carboxylic acids is 5. The Morgan fingerprint density at radius 1 is 0.545 bits per heavy atom. The molecule has 2 heterocycles. The molecule has 0 fully saturated rings. The lowest BCUT2D eigenvalue weighted by molar-refractivity contribution is -0.145. The van der Waals surface area contributed by atoms with E-state index in [1.165, 1.54) is 32.9 Å². The first kappa shape index (κ1) is 47.8. The molecule has 0 saturated heterocycles. The van der Waals surface area contributed by atoms with Crippen LogP contribution in [0, 0.1) is 0 Å². The van der Waals surface area contributed by atoms with Crippen LogP contribution in [0.25, 0.3) is 0 Å². The Balaban J connectivity index is 1.25. The van der Waals surface area contributed by atoms with Crippen molar-refractivity contribution in [1.29, 1.82) is 0 Å². The van der Waals surface area contributed by atoms with E-state index in [9.17, 15) is 24.0 Å². The van der Waals surface area contributed by atoms with Crippen molar-refractivity contribution in [2.75, 3.05) is 13.7 Å². The molecule has 4 aromatic carbocycles. The number of aromatic amines is 2. The van der Waals surface area contributed by atoms with E-state index < -0.39 is 59.8 Å². The number of imidazole rings is 2. The maximum atomic E-state index is 14.6. The summed E-state index contributed by atoms with van der Waals surface area (Å²) in [6, 6.07) is 30.2. The average Bonchev–Trinajstić information content (AvgIpc) is 4.07. The number of H-pyrrole nitrogens is 2. The second kappa shape index (κ2) is 25.0. The third-order valence-corrected chi connectivity index (χ3v) is 10.5. The van der Waals surface area contributed by atoms with E-state index in [1.807, 2.05) is 103 Å². The first-order valence-corrected chi connectivity index (χ1v) is 21.5. The highest BCUT2D eigenvalue weighted by Gasteiger charge is 2.33. The van der Waals surface area contributed by atoms with Gasteiger partial charge in [0.2, 0.25) is 23.6 Å². The van der Waals surface area contributed by atoms with Crippen molar-refractivity contribution in [2.24, 2.45) is 0 Å². The first-order valence-electron chi connectivity index (χ1n) is 21.5. The van der Waals surface area contributed by atoms with Gasteiger partial charge in [0.25, 0.3) is 0 Å². The minimum Gasteiger partial charge on any atom is -0.489 e. The fraction of sp³-hybridized carbons (Fsp3) is 0.286. The number of carbonyl (C=O) groups is 5. The molecule has 17 heteroatoms. The van der Waals surface area contributed by atoms with Gasteiger partial charge in [0.05, 0.1) is 39.0 Å². The van der Waals surface area contributed by atoms with Crippen LogP contribution in [0.3, 0.4) is 0 Å². The molecule has 66 heavy (non-hydrogen) atoms. The molecule has 0 unspecified atom stereocenters. The average molecular weight is 898 g/mol. The second-order valence-corrected chi connectivity index (χ2v) is 15.5. The van der Waals surface area contributed by atoms with Crippen molar-refractivity contribution in [2.45, 2.75) is 76.2 Å². The summed E-state index contributed by atoms with van der Waals surface area (Å²) >= 11 is 0. The fourth-order valence-electron chi connectivity index (χ4n) is 6.86. The smallest absolute Gasteiger partial charge is 0.328 e. The molecule has 0 bridgehead atoms. The van der Waals surface area contributed by atoms with Gasteiger partial charge in [-0.2, -0.15) is 0 Å². The lowest BCUT2D eigenvalue weighted by Gasteiger charge is -2.27. The summed E-state index contributed by atoms with van der Waals surface area (Å²) in [6.07, 6.45) is 6.31. The van der Waals surface area contributed by atoms with Crippen LogP contribution in [-0.2, 0) is 72.5 Å². The first-order chi connectivity index (χ1) is 32.1. The third kappa shape index (κ3) is 15.3. The summed E-state index contributed by atoms with van der Waals surface area (Å²) in [5, 5.41) is 14.4. The molecule has 5 atom stereocenters. The van der Waals surface area contributed by atoms with Gasteiger partial charge >= 0.3 is 5.97 Å². The standard InChI is InChI=1S/C49H55N9O8/c1-33(49(63)64-2)55-46(60)43(24-39-27-51-32-54-39)57-48(62)44(30-65-28-36-14-8-4-9-15-36)58-47(61)42(22-34-18-20-40(21-19-34)66-29-37-16-10-5-11-17-37)56-45(59)41(23-38-26-50-31-53-38)52-25-35-12-6-3-7-13-35/h3-21,26-27,31-33,41-44,52H,22-25,28-30H2,1-2H3,(H,50,53)(H,51,54)(H,55,60)(H,56,59)(H,57,62)(H,58,61)/t33-,41+,42+,43+,44+/m1/s1. The Morgan fingerprint density at radius 2 is 1.03 bits per heavy atom. The third-order valence-electron chi connectivity index (χ3n) is 10.5. The Morgan fingerprint density at radius 3 is 1.59 bits per heavy atom. The number of ether oxygens (including phenoxy) is 3. The normalized spacial score (nSPS) is 13.2. The maximum Gasteiger partial charge on any atom is 0.328 e. The molecule has 0 spiro atoms. The molecular weight excluding hydrogens is 843 g/mol. The number of nitrogens with one attached hydrogen (secondary N) is 7. The Hall–Kier alpha value is -7.63. The summed E-state index contributed by atoms with van der Waals surface area (Å²) in [7, 11) is 1.20. The molecule has 17 nitrogen and oxygen atoms in total. The van der Waals surface area contributed by atoms with Crippen LogP contribution in [0.2, 0.25) is 0 Å². The van der Waals surface area contributed by atoms with Gasteiger partial charge in [-0.1, -0.05) is 103 Å². The highest BCUT2D eigenvalue weighted by Crippen LogP contribution is 2.16. The highest BCUT2D eigenvalue weighted by atomic mass is 16.5. The van der Waals surface area contributed by atoms with Crippen molar-refractivity contribution in [1.82, 2.24) is 46.5 Å². The van der Waals surface area contributed by atoms with Gasteiger partial charge in [0.1, 0.15) is 36.5 Å². The number of aromatic nitrogens is 4. The van der Waals surface area contributed by atoms with E-state index >= 15 is 0 Å². The highest BCUT2D eigenvalue weighted by molar-refractivity contribution is 5.95. The van der Waals surface area contributed by atoms with E-state index in [-0.39, 0.29) is 32.5 Å². The van der Waals surface area contributed by atoms with Crippen LogP contribution in [0.15, 0.2) is 140 Å². The number of nitrogens with zero attached hydrogens (tertiary/aromatic N) is 2. The molecule has 0 saturated carbocycles. The quantitative estimate of drug-likeness (QED) is 0.0413. The molecule has 2 aromatic heterocycles. The number of amides is 4. The molecule has 4 amide bonds. The fourth-order valence-corrected chi connectivity index (χ4v) is 6.86. The molecule has 0 aliphatic rings. The molecule has 6 aromatic rings. The number of hydrogen-bond acceptors (Lipinski definition) is 11. The zero-order chi connectivity index (χ0) is 46.5. The minimum absolute atomic E-state index is 0.0293. The van der Waals surface area contributed by atoms with E-state index in [2.05, 4.69) is 46.5 Å². The van der Waals surface area contributed by atoms with Gasteiger partial charge in [-0.3, -0.25) is 19.2 Å². The van der Waals surface area contributed by atoms with Crippen molar-refractivity contribution < 1.29 is 38.2 Å². The number of benzene rings is 4. The molecule has 0 aliphatic heterocycles. The molecule has 0 aliphatic carbocycles. The Kier molecular flexibility index (Phi) is 18.1. The van der Waals surface area contributed by atoms with Crippen LogP contribution >= 0.6 is 0 Å². The Bertz CT molecular complexity index is 2400. The lowest BCUT2D eigenvalue weighted by atomic mass is 10.0. The van der Waals surface area contributed by atoms with E-state index in [1.54, 1.807) is 18.3 Å². The van der Waals surface area contributed by atoms with Crippen molar-refractivity contribution in [3.8, 4) is 5.75 Å². The SMILES string of the molecule is COC(=O)[C@@H](C)NC(=O)[C@H](Cc1cnc[nH]1)NC(=O)[C@H](COCc1ccccc1)NC(=O)[C@H](Cc1ccc(OCc2ccccc2)cc1)NC(=O)[C@H](Cc1cnc[nH]1)NCc1ccccc1. The van der Waals surface area contributed by atoms with E-state index in [0.717, 1.165) is 16.7 Å². The summed E-state index contributed by atoms with van der Waals surface area (Å²) in [4.78, 5) is 83.3. The number of rotatable bonds is 25. The monoisotopic (exact) mass is 897 g/mol. The summed E-state index contributed by atoms with van der Waals surface area (Å²) in [5.74, 6) is -2.67.